The molecule has 2 rings (SSSR count). The molecule has 49 heavy (non-hydrogen) atoms. The molecule has 3 amide bonds. The van der Waals surface area contributed by atoms with Gasteiger partial charge in [-0.15, -0.1) is 0 Å². The van der Waals surface area contributed by atoms with Crippen LogP contribution in [0, 0.1) is 19.8 Å². The van der Waals surface area contributed by atoms with Gasteiger partial charge in [-0.05, 0) is 90.8 Å². The summed E-state index contributed by atoms with van der Waals surface area (Å²) in [4.78, 5) is 57.6. The number of carbonyl (C=O) groups excluding carboxylic acids is 4. The van der Waals surface area contributed by atoms with Crippen LogP contribution in [0.5, 0.6) is 0 Å². The number of benzene rings is 2. The van der Waals surface area contributed by atoms with Gasteiger partial charge in [0.2, 0.25) is 11.8 Å². The first kappa shape index (κ1) is 41.3. The Morgan fingerprint density at radius 3 is 1.98 bits per heavy atom. The summed E-state index contributed by atoms with van der Waals surface area (Å²) in [6.45, 7) is 20.9. The van der Waals surface area contributed by atoms with Gasteiger partial charge in [-0.2, -0.15) is 0 Å². The van der Waals surface area contributed by atoms with Crippen LogP contribution in [0.25, 0.3) is 0 Å². The molecule has 0 bridgehead atoms. The molecule has 0 aliphatic heterocycles. The van der Waals surface area contributed by atoms with Crippen molar-refractivity contribution in [1.29, 1.82) is 0 Å². The van der Waals surface area contributed by atoms with Gasteiger partial charge in [0.15, 0.2) is 0 Å². The van der Waals surface area contributed by atoms with Crippen LogP contribution in [-0.4, -0.2) is 58.6 Å². The number of hydrogen-bond donors (Lipinski definition) is 2. The second-order valence-corrected chi connectivity index (χ2v) is 15.5. The molecule has 3 unspecified atom stereocenters. The lowest BCUT2D eigenvalue weighted by Crippen LogP contribution is -2.55. The predicted molar refractivity (Wildman–Crippen MR) is 195 cm³/mol. The van der Waals surface area contributed by atoms with Gasteiger partial charge in [-0.25, -0.2) is 9.59 Å². The molecular weight excluding hydrogens is 618 g/mol. The predicted octanol–water partition coefficient (Wildman–Crippen LogP) is 7.76. The molecule has 0 aliphatic carbocycles. The first-order valence-corrected chi connectivity index (χ1v) is 17.8. The number of hydrogen-bond acceptors (Lipinski definition) is 6. The maximum atomic E-state index is 14.7. The van der Waals surface area contributed by atoms with Gasteiger partial charge in [0.1, 0.15) is 29.3 Å². The van der Waals surface area contributed by atoms with Gasteiger partial charge in [0.05, 0.1) is 0 Å². The van der Waals surface area contributed by atoms with E-state index in [4.69, 9.17) is 9.47 Å². The Morgan fingerprint density at radius 1 is 0.796 bits per heavy atom. The van der Waals surface area contributed by atoms with E-state index in [0.29, 0.717) is 18.4 Å². The van der Waals surface area contributed by atoms with Crippen molar-refractivity contribution in [2.45, 2.75) is 144 Å². The zero-order valence-corrected chi connectivity index (χ0v) is 31.8. The van der Waals surface area contributed by atoms with Crippen molar-refractivity contribution in [2.75, 3.05) is 6.54 Å². The van der Waals surface area contributed by atoms with Crippen LogP contribution in [-0.2, 0) is 30.3 Å². The van der Waals surface area contributed by atoms with Gasteiger partial charge in [0, 0.05) is 13.0 Å². The normalized spacial score (nSPS) is 13.6. The molecule has 0 saturated carbocycles. The number of aryl methyl sites for hydroxylation is 2. The van der Waals surface area contributed by atoms with Crippen LogP contribution in [0.15, 0.2) is 48.5 Å². The minimum atomic E-state index is -1.08. The van der Waals surface area contributed by atoms with Crippen molar-refractivity contribution in [3.63, 3.8) is 0 Å². The van der Waals surface area contributed by atoms with Gasteiger partial charge in [-0.3, -0.25) is 9.59 Å². The molecule has 3 atom stereocenters. The van der Waals surface area contributed by atoms with Crippen LogP contribution in [0.3, 0.4) is 0 Å². The quantitative estimate of drug-likeness (QED) is 0.139. The summed E-state index contributed by atoms with van der Waals surface area (Å²) >= 11 is 0. The smallest absolute Gasteiger partial charge is 0.408 e. The molecule has 0 aliphatic rings. The van der Waals surface area contributed by atoms with Gasteiger partial charge in [-0.1, -0.05) is 94.1 Å². The third kappa shape index (κ3) is 14.6. The van der Waals surface area contributed by atoms with E-state index in [1.54, 1.807) is 46.4 Å². The second-order valence-electron chi connectivity index (χ2n) is 15.5. The highest BCUT2D eigenvalue weighted by atomic mass is 16.6. The monoisotopic (exact) mass is 679 g/mol. The van der Waals surface area contributed by atoms with Gasteiger partial charge >= 0.3 is 12.1 Å². The van der Waals surface area contributed by atoms with Crippen molar-refractivity contribution in [3.8, 4) is 0 Å². The molecule has 0 aromatic heterocycles. The molecule has 272 valence electrons. The highest BCUT2D eigenvalue weighted by molar-refractivity contribution is 5.94. The van der Waals surface area contributed by atoms with E-state index in [2.05, 4.69) is 17.6 Å². The summed E-state index contributed by atoms with van der Waals surface area (Å²) < 4.78 is 11.3. The molecule has 2 aromatic carbocycles. The largest absolute Gasteiger partial charge is 0.458 e. The molecular formula is C40H61N3O6. The van der Waals surface area contributed by atoms with E-state index >= 15 is 0 Å². The first-order valence-electron chi connectivity index (χ1n) is 17.8. The molecule has 2 N–H and O–H groups in total. The molecule has 0 fully saturated rings. The fourth-order valence-electron chi connectivity index (χ4n) is 5.67. The number of rotatable bonds is 16. The fourth-order valence-corrected chi connectivity index (χ4v) is 5.67. The number of alkyl carbamates (subject to hydrolysis) is 1. The van der Waals surface area contributed by atoms with Crippen molar-refractivity contribution in [3.05, 3.63) is 70.8 Å². The molecule has 0 heterocycles. The average molecular weight is 680 g/mol. The van der Waals surface area contributed by atoms with E-state index in [9.17, 15) is 19.2 Å². The third-order valence-electron chi connectivity index (χ3n) is 7.80. The van der Waals surface area contributed by atoms with E-state index in [1.165, 1.54) is 0 Å². The second kappa shape index (κ2) is 18.8. The lowest BCUT2D eigenvalue weighted by Gasteiger charge is -2.36. The topological polar surface area (TPSA) is 114 Å². The van der Waals surface area contributed by atoms with Crippen LogP contribution in [0.1, 0.15) is 123 Å². The lowest BCUT2D eigenvalue weighted by molar-refractivity contribution is -0.159. The number of esters is 1. The summed E-state index contributed by atoms with van der Waals surface area (Å²) in [5, 5.41) is 5.81. The van der Waals surface area contributed by atoms with Crippen LogP contribution < -0.4 is 10.6 Å². The van der Waals surface area contributed by atoms with E-state index in [1.807, 2.05) is 76.2 Å². The Balaban J connectivity index is 2.68. The number of carbonyl (C=O) groups is 4. The maximum absolute atomic E-state index is 14.7. The zero-order valence-electron chi connectivity index (χ0n) is 31.8. The van der Waals surface area contributed by atoms with Crippen LogP contribution >= 0.6 is 0 Å². The van der Waals surface area contributed by atoms with Crippen molar-refractivity contribution >= 4 is 23.9 Å². The Bertz CT molecular complexity index is 1380. The standard InChI is InChI=1S/C40H61N3O6/c1-12-13-14-18-23-43(36(45)32(24-27(2)3)42-38(47)49-40(9,10)11)34(31-22-21-28(4)25-29(31)5)35(44)41-33(37(46)48-39(6,7)8)26-30-19-16-15-17-20-30/h15-17,19-22,25,27,32-34H,12-14,18,23-24,26H2,1-11H3,(H,41,44)(H,42,47). The summed E-state index contributed by atoms with van der Waals surface area (Å²) in [5.74, 6) is -1.38. The van der Waals surface area contributed by atoms with Gasteiger partial charge < -0.3 is 25.0 Å². The van der Waals surface area contributed by atoms with Crippen molar-refractivity contribution in [1.82, 2.24) is 15.5 Å². The SMILES string of the molecule is CCCCCCN(C(=O)C(CC(C)C)NC(=O)OC(C)(C)C)C(C(=O)NC(Cc1ccccc1)C(=O)OC(C)(C)C)c1ccc(C)cc1C. The Morgan fingerprint density at radius 2 is 1.43 bits per heavy atom. The first-order chi connectivity index (χ1) is 22.8. The number of ether oxygens (including phenoxy) is 2. The van der Waals surface area contributed by atoms with Crippen LogP contribution in [0.4, 0.5) is 4.79 Å². The highest BCUT2D eigenvalue weighted by Crippen LogP contribution is 2.28. The van der Waals surface area contributed by atoms with E-state index in [-0.39, 0.29) is 24.8 Å². The number of nitrogens with one attached hydrogen (secondary N) is 2. The van der Waals surface area contributed by atoms with E-state index in [0.717, 1.165) is 36.0 Å². The highest BCUT2D eigenvalue weighted by Gasteiger charge is 2.39. The lowest BCUT2D eigenvalue weighted by atomic mass is 9.94. The summed E-state index contributed by atoms with van der Waals surface area (Å²) in [6, 6.07) is 12.2. The van der Waals surface area contributed by atoms with Gasteiger partial charge in [0.25, 0.3) is 0 Å². The van der Waals surface area contributed by atoms with Crippen molar-refractivity contribution < 1.29 is 28.7 Å². The summed E-state index contributed by atoms with van der Waals surface area (Å²) in [5.41, 5.74) is 1.82. The zero-order chi connectivity index (χ0) is 36.9. The molecule has 0 saturated heterocycles. The number of amides is 3. The molecule has 0 radical (unpaired) electrons. The minimum Gasteiger partial charge on any atom is -0.458 e. The molecule has 2 aromatic rings. The Labute approximate surface area is 294 Å². The van der Waals surface area contributed by atoms with Crippen molar-refractivity contribution in [2.24, 2.45) is 5.92 Å². The summed E-state index contributed by atoms with van der Waals surface area (Å²) in [6.07, 6.45) is 3.37. The molecule has 9 heteroatoms. The third-order valence-corrected chi connectivity index (χ3v) is 7.80. The minimum absolute atomic E-state index is 0.0571. The maximum Gasteiger partial charge on any atom is 0.408 e. The fraction of sp³-hybridized carbons (Fsp3) is 0.600. The number of unbranched alkanes of at least 4 members (excludes halogenated alkanes) is 3. The number of nitrogens with zero attached hydrogens (tertiary/aromatic N) is 1. The van der Waals surface area contributed by atoms with E-state index < -0.39 is 47.3 Å². The molecule has 9 nitrogen and oxygen atoms in total. The molecule has 0 spiro atoms. The van der Waals surface area contributed by atoms with Crippen LogP contribution in [0.2, 0.25) is 0 Å². The summed E-state index contributed by atoms with van der Waals surface area (Å²) in [7, 11) is 0. The average Bonchev–Trinajstić information content (AvgIpc) is 2.97. The Kier molecular flexibility index (Phi) is 15.8. The Hall–Kier alpha value is -3.88.